The van der Waals surface area contributed by atoms with E-state index in [4.69, 9.17) is 14.2 Å². The number of methoxy groups -OCH3 is 2. The summed E-state index contributed by atoms with van der Waals surface area (Å²) in [6.45, 7) is 3.43. The summed E-state index contributed by atoms with van der Waals surface area (Å²) in [5.74, 6) is -0.325. The van der Waals surface area contributed by atoms with E-state index in [2.05, 4.69) is 5.32 Å². The van der Waals surface area contributed by atoms with E-state index in [0.29, 0.717) is 27.6 Å². The van der Waals surface area contributed by atoms with Crippen LogP contribution in [0.15, 0.2) is 48.5 Å². The van der Waals surface area contributed by atoms with E-state index in [1.54, 1.807) is 50.4 Å². The lowest BCUT2D eigenvalue weighted by atomic mass is 10.0. The SMILES string of the molecule is COC(=O)c1c(NC(=O)C(C)Oc2cccc(OC)c2)sc(C)c1-c1ccc(F)cc1. The molecule has 6 nitrogen and oxygen atoms in total. The third-order valence-corrected chi connectivity index (χ3v) is 5.59. The highest BCUT2D eigenvalue weighted by Crippen LogP contribution is 2.40. The fourth-order valence-corrected chi connectivity index (χ4v) is 4.11. The zero-order valence-electron chi connectivity index (χ0n) is 17.5. The molecular formula is C23H22FNO5S. The molecule has 162 valence electrons. The fraction of sp³-hybridized carbons (Fsp3) is 0.217. The smallest absolute Gasteiger partial charge is 0.341 e. The maximum atomic E-state index is 13.4. The van der Waals surface area contributed by atoms with Gasteiger partial charge in [0.1, 0.15) is 27.9 Å². The Kier molecular flexibility index (Phi) is 6.91. The topological polar surface area (TPSA) is 73.9 Å². The van der Waals surface area contributed by atoms with Crippen LogP contribution in [0.25, 0.3) is 11.1 Å². The van der Waals surface area contributed by atoms with Gasteiger partial charge < -0.3 is 19.5 Å². The van der Waals surface area contributed by atoms with Crippen molar-refractivity contribution in [2.24, 2.45) is 0 Å². The van der Waals surface area contributed by atoms with Gasteiger partial charge in [0.2, 0.25) is 0 Å². The Bertz CT molecular complexity index is 1090. The Hall–Kier alpha value is -3.39. The van der Waals surface area contributed by atoms with Gasteiger partial charge in [-0.3, -0.25) is 4.79 Å². The molecule has 0 radical (unpaired) electrons. The summed E-state index contributed by atoms with van der Waals surface area (Å²) in [6.07, 6.45) is -0.839. The van der Waals surface area contributed by atoms with E-state index in [1.165, 1.54) is 30.6 Å². The summed E-state index contributed by atoms with van der Waals surface area (Å²) in [4.78, 5) is 26.1. The molecule has 3 rings (SSSR count). The molecule has 0 aliphatic heterocycles. The van der Waals surface area contributed by atoms with E-state index < -0.39 is 18.0 Å². The van der Waals surface area contributed by atoms with Crippen LogP contribution in [0.1, 0.15) is 22.2 Å². The monoisotopic (exact) mass is 443 g/mol. The van der Waals surface area contributed by atoms with Gasteiger partial charge in [-0.2, -0.15) is 0 Å². The number of amides is 1. The number of aryl methyl sites for hydroxylation is 1. The maximum Gasteiger partial charge on any atom is 0.341 e. The summed E-state index contributed by atoms with van der Waals surface area (Å²) < 4.78 is 29.2. The number of anilines is 1. The molecule has 0 spiro atoms. The Morgan fingerprint density at radius 3 is 2.39 bits per heavy atom. The summed E-state index contributed by atoms with van der Waals surface area (Å²) >= 11 is 1.24. The van der Waals surface area contributed by atoms with Gasteiger partial charge >= 0.3 is 5.97 Å². The number of esters is 1. The normalized spacial score (nSPS) is 11.5. The predicted molar refractivity (Wildman–Crippen MR) is 118 cm³/mol. The molecule has 0 aliphatic rings. The van der Waals surface area contributed by atoms with E-state index in [-0.39, 0.29) is 11.4 Å². The largest absolute Gasteiger partial charge is 0.497 e. The van der Waals surface area contributed by atoms with Gasteiger partial charge in [-0.25, -0.2) is 9.18 Å². The molecule has 3 aromatic rings. The van der Waals surface area contributed by atoms with Gasteiger partial charge in [-0.1, -0.05) is 18.2 Å². The Morgan fingerprint density at radius 1 is 1.06 bits per heavy atom. The van der Waals surface area contributed by atoms with Crippen LogP contribution >= 0.6 is 11.3 Å². The first-order chi connectivity index (χ1) is 14.8. The number of thiophene rings is 1. The first-order valence-electron chi connectivity index (χ1n) is 9.43. The molecule has 0 saturated heterocycles. The van der Waals surface area contributed by atoms with Gasteiger partial charge in [0, 0.05) is 16.5 Å². The van der Waals surface area contributed by atoms with Crippen molar-refractivity contribution in [3.8, 4) is 22.6 Å². The van der Waals surface area contributed by atoms with Crippen molar-refractivity contribution >= 4 is 28.2 Å². The Morgan fingerprint density at radius 2 is 1.74 bits per heavy atom. The van der Waals surface area contributed by atoms with Gasteiger partial charge in [-0.15, -0.1) is 11.3 Å². The molecule has 0 fully saturated rings. The minimum absolute atomic E-state index is 0.221. The third-order valence-electron chi connectivity index (χ3n) is 4.57. The Labute approximate surface area is 183 Å². The molecule has 1 unspecified atom stereocenters. The molecule has 1 aromatic heterocycles. The Balaban J connectivity index is 1.88. The second-order valence-corrected chi connectivity index (χ2v) is 7.89. The summed E-state index contributed by atoms with van der Waals surface area (Å²) in [5.41, 5.74) is 1.46. The number of carbonyl (C=O) groups excluding carboxylic acids is 2. The number of ether oxygens (including phenoxy) is 3. The quantitative estimate of drug-likeness (QED) is 0.517. The molecule has 1 atom stereocenters. The first kappa shape index (κ1) is 22.3. The highest BCUT2D eigenvalue weighted by molar-refractivity contribution is 7.17. The molecule has 8 heteroatoms. The van der Waals surface area contributed by atoms with Crippen molar-refractivity contribution in [1.29, 1.82) is 0 Å². The minimum atomic E-state index is -0.839. The van der Waals surface area contributed by atoms with Crippen LogP contribution in [-0.2, 0) is 9.53 Å². The zero-order chi connectivity index (χ0) is 22.5. The second-order valence-electron chi connectivity index (χ2n) is 6.66. The minimum Gasteiger partial charge on any atom is -0.497 e. The van der Waals surface area contributed by atoms with Gasteiger partial charge in [-0.05, 0) is 43.7 Å². The molecule has 31 heavy (non-hydrogen) atoms. The molecule has 1 heterocycles. The highest BCUT2D eigenvalue weighted by Gasteiger charge is 2.26. The molecule has 2 aromatic carbocycles. The van der Waals surface area contributed by atoms with Crippen molar-refractivity contribution in [3.05, 3.63) is 64.8 Å². The van der Waals surface area contributed by atoms with Crippen LogP contribution in [-0.4, -0.2) is 32.2 Å². The number of rotatable bonds is 7. The molecule has 1 amide bonds. The van der Waals surface area contributed by atoms with Crippen molar-refractivity contribution in [2.45, 2.75) is 20.0 Å². The molecule has 1 N–H and O–H groups in total. The van der Waals surface area contributed by atoms with E-state index in [9.17, 15) is 14.0 Å². The number of hydrogen-bond acceptors (Lipinski definition) is 6. The van der Waals surface area contributed by atoms with E-state index in [0.717, 1.165) is 4.88 Å². The number of carbonyl (C=O) groups is 2. The zero-order valence-corrected chi connectivity index (χ0v) is 18.3. The van der Waals surface area contributed by atoms with E-state index in [1.807, 2.05) is 6.92 Å². The van der Waals surface area contributed by atoms with Crippen LogP contribution in [0.4, 0.5) is 9.39 Å². The lowest BCUT2D eigenvalue weighted by molar-refractivity contribution is -0.122. The lowest BCUT2D eigenvalue weighted by Gasteiger charge is -2.15. The van der Waals surface area contributed by atoms with Crippen molar-refractivity contribution < 1.29 is 28.2 Å². The number of benzene rings is 2. The second kappa shape index (κ2) is 9.61. The summed E-state index contributed by atoms with van der Waals surface area (Å²) in [5, 5.41) is 3.11. The summed E-state index contributed by atoms with van der Waals surface area (Å²) in [6, 6.07) is 12.7. The predicted octanol–water partition coefficient (Wildman–Crippen LogP) is 5.06. The van der Waals surface area contributed by atoms with Crippen molar-refractivity contribution in [1.82, 2.24) is 0 Å². The molecule has 0 aliphatic carbocycles. The average molecular weight is 443 g/mol. The van der Waals surface area contributed by atoms with Crippen LogP contribution < -0.4 is 14.8 Å². The van der Waals surface area contributed by atoms with Crippen LogP contribution in [0.2, 0.25) is 0 Å². The van der Waals surface area contributed by atoms with Crippen LogP contribution in [0.5, 0.6) is 11.5 Å². The average Bonchev–Trinajstić information content (AvgIpc) is 3.09. The summed E-state index contributed by atoms with van der Waals surface area (Å²) in [7, 11) is 2.81. The molecule has 0 saturated carbocycles. The lowest BCUT2D eigenvalue weighted by Crippen LogP contribution is -2.30. The first-order valence-corrected chi connectivity index (χ1v) is 10.2. The van der Waals surface area contributed by atoms with Crippen LogP contribution in [0.3, 0.4) is 0 Å². The molecule has 0 bridgehead atoms. The number of nitrogens with one attached hydrogen (secondary N) is 1. The van der Waals surface area contributed by atoms with E-state index >= 15 is 0 Å². The highest BCUT2D eigenvalue weighted by atomic mass is 32.1. The van der Waals surface area contributed by atoms with Gasteiger partial charge in [0.25, 0.3) is 5.91 Å². The maximum absolute atomic E-state index is 13.4. The number of hydrogen-bond donors (Lipinski definition) is 1. The molecular weight excluding hydrogens is 421 g/mol. The van der Waals surface area contributed by atoms with Crippen molar-refractivity contribution in [2.75, 3.05) is 19.5 Å². The van der Waals surface area contributed by atoms with Crippen LogP contribution in [0, 0.1) is 12.7 Å². The van der Waals surface area contributed by atoms with Gasteiger partial charge in [0.05, 0.1) is 14.2 Å². The standard InChI is InChI=1S/C23H22FNO5S/c1-13(30-18-7-5-6-17(12-18)28-3)21(26)25-22-20(23(27)29-4)19(14(2)31-22)15-8-10-16(24)11-9-15/h5-13H,1-4H3,(H,25,26). The number of halogens is 1. The fourth-order valence-electron chi connectivity index (χ4n) is 3.04. The third kappa shape index (κ3) is 5.03. The van der Waals surface area contributed by atoms with Gasteiger partial charge in [0.15, 0.2) is 6.10 Å². The van der Waals surface area contributed by atoms with Crippen molar-refractivity contribution in [3.63, 3.8) is 0 Å².